The number of hydrogen-bond donors (Lipinski definition) is 1. The van der Waals surface area contributed by atoms with Gasteiger partial charge < -0.3 is 5.11 Å². The van der Waals surface area contributed by atoms with Crippen LogP contribution in [0.3, 0.4) is 0 Å². The van der Waals surface area contributed by atoms with Crippen molar-refractivity contribution in [3.63, 3.8) is 0 Å². The van der Waals surface area contributed by atoms with Gasteiger partial charge in [0.15, 0.2) is 0 Å². The summed E-state index contributed by atoms with van der Waals surface area (Å²) in [6.07, 6.45) is 0. The molecule has 1 aromatic rings. The minimum Gasteiger partial charge on any atom is -0.378 e. The predicted octanol–water partition coefficient (Wildman–Crippen LogP) is 3.12. The zero-order chi connectivity index (χ0) is 10.8. The Labute approximate surface area is 93.7 Å². The number of hydrogen-bond acceptors (Lipinski definition) is 1. The van der Waals surface area contributed by atoms with Gasteiger partial charge in [0.1, 0.15) is 5.60 Å². The molecule has 1 aromatic carbocycles. The molecule has 0 bridgehead atoms. The lowest BCUT2D eigenvalue weighted by molar-refractivity contribution is 0.143. The zero-order valence-corrected chi connectivity index (χ0v) is 9.45. The molecule has 3 heteroatoms. The molecule has 1 rings (SSSR count). The van der Waals surface area contributed by atoms with Crippen molar-refractivity contribution in [1.29, 1.82) is 0 Å². The molecule has 0 heterocycles. The minimum absolute atomic E-state index is 0.422. The normalized spacial score (nSPS) is 10.6. The van der Waals surface area contributed by atoms with E-state index in [1.54, 1.807) is 32.0 Å². The van der Waals surface area contributed by atoms with Gasteiger partial charge in [0.05, 0.1) is 10.0 Å². The molecule has 0 saturated carbocycles. The lowest BCUT2D eigenvalue weighted by Gasteiger charge is -2.06. The van der Waals surface area contributed by atoms with E-state index in [9.17, 15) is 5.11 Å². The number of halogens is 2. The Morgan fingerprint density at radius 3 is 2.50 bits per heavy atom. The van der Waals surface area contributed by atoms with Gasteiger partial charge in [-0.2, -0.15) is 0 Å². The van der Waals surface area contributed by atoms with Crippen LogP contribution in [0.2, 0.25) is 10.0 Å². The van der Waals surface area contributed by atoms with E-state index in [1.807, 2.05) is 0 Å². The number of rotatable bonds is 0. The van der Waals surface area contributed by atoms with Crippen molar-refractivity contribution in [2.75, 3.05) is 0 Å². The van der Waals surface area contributed by atoms with E-state index in [1.165, 1.54) is 0 Å². The Morgan fingerprint density at radius 1 is 1.29 bits per heavy atom. The number of aliphatic hydroxyl groups is 1. The van der Waals surface area contributed by atoms with Crippen LogP contribution in [0.4, 0.5) is 0 Å². The number of benzene rings is 1. The van der Waals surface area contributed by atoms with Gasteiger partial charge in [0, 0.05) is 5.56 Å². The largest absolute Gasteiger partial charge is 0.378 e. The molecule has 0 spiro atoms. The van der Waals surface area contributed by atoms with Crippen molar-refractivity contribution in [2.45, 2.75) is 19.4 Å². The van der Waals surface area contributed by atoms with Crippen molar-refractivity contribution < 1.29 is 5.11 Å². The standard InChI is InChI=1S/C11H10Cl2O/c1-11(2,14)7-6-8-4-3-5-9(12)10(8)13/h3-5,14H,1-2H3. The van der Waals surface area contributed by atoms with Gasteiger partial charge in [-0.25, -0.2) is 0 Å². The maximum atomic E-state index is 9.39. The first-order valence-corrected chi connectivity index (χ1v) is 4.85. The van der Waals surface area contributed by atoms with Crippen LogP contribution in [0.1, 0.15) is 19.4 Å². The summed E-state index contributed by atoms with van der Waals surface area (Å²) in [6.45, 7) is 3.22. The van der Waals surface area contributed by atoms with E-state index < -0.39 is 5.60 Å². The van der Waals surface area contributed by atoms with Gasteiger partial charge in [-0.15, -0.1) is 0 Å². The van der Waals surface area contributed by atoms with Gasteiger partial charge >= 0.3 is 0 Å². The van der Waals surface area contributed by atoms with Crippen LogP contribution in [-0.4, -0.2) is 10.7 Å². The highest BCUT2D eigenvalue weighted by Crippen LogP contribution is 2.24. The van der Waals surface area contributed by atoms with Crippen molar-refractivity contribution in [3.05, 3.63) is 33.8 Å². The smallest absolute Gasteiger partial charge is 0.120 e. The van der Waals surface area contributed by atoms with Crippen LogP contribution in [-0.2, 0) is 0 Å². The molecule has 14 heavy (non-hydrogen) atoms. The van der Waals surface area contributed by atoms with Crippen LogP contribution >= 0.6 is 23.2 Å². The van der Waals surface area contributed by atoms with Crippen molar-refractivity contribution in [1.82, 2.24) is 0 Å². The summed E-state index contributed by atoms with van der Waals surface area (Å²) in [5.41, 5.74) is -0.396. The maximum absolute atomic E-state index is 9.39. The van der Waals surface area contributed by atoms with Gasteiger partial charge in [-0.3, -0.25) is 0 Å². The van der Waals surface area contributed by atoms with Crippen LogP contribution in [0.15, 0.2) is 18.2 Å². The molecule has 0 fully saturated rings. The van der Waals surface area contributed by atoms with Crippen LogP contribution in [0.25, 0.3) is 0 Å². The molecule has 0 saturated heterocycles. The quantitative estimate of drug-likeness (QED) is 0.677. The first-order chi connectivity index (χ1) is 6.40. The maximum Gasteiger partial charge on any atom is 0.120 e. The van der Waals surface area contributed by atoms with E-state index in [0.717, 1.165) is 0 Å². The summed E-state index contributed by atoms with van der Waals surface area (Å²) in [4.78, 5) is 0. The summed E-state index contributed by atoms with van der Waals surface area (Å²) in [6, 6.07) is 5.22. The summed E-state index contributed by atoms with van der Waals surface area (Å²) in [5.74, 6) is 5.45. The third-order valence-electron chi connectivity index (χ3n) is 1.45. The molecule has 0 amide bonds. The summed E-state index contributed by atoms with van der Waals surface area (Å²) >= 11 is 11.7. The average molecular weight is 229 g/mol. The van der Waals surface area contributed by atoms with Crippen molar-refractivity contribution in [3.8, 4) is 11.8 Å². The van der Waals surface area contributed by atoms with Gasteiger partial charge in [-0.05, 0) is 26.0 Å². The van der Waals surface area contributed by atoms with E-state index in [0.29, 0.717) is 15.6 Å². The highest BCUT2D eigenvalue weighted by molar-refractivity contribution is 6.42. The molecule has 0 aliphatic heterocycles. The van der Waals surface area contributed by atoms with E-state index in [2.05, 4.69) is 11.8 Å². The van der Waals surface area contributed by atoms with Crippen LogP contribution in [0.5, 0.6) is 0 Å². The predicted molar refractivity (Wildman–Crippen MR) is 59.6 cm³/mol. The third-order valence-corrected chi connectivity index (χ3v) is 2.27. The average Bonchev–Trinajstić information content (AvgIpc) is 2.06. The fourth-order valence-corrected chi connectivity index (χ4v) is 1.17. The molecular weight excluding hydrogens is 219 g/mol. The minimum atomic E-state index is -1.02. The first-order valence-electron chi connectivity index (χ1n) is 4.10. The monoisotopic (exact) mass is 228 g/mol. The Balaban J connectivity index is 3.08. The lowest BCUT2D eigenvalue weighted by atomic mass is 10.1. The van der Waals surface area contributed by atoms with E-state index >= 15 is 0 Å². The van der Waals surface area contributed by atoms with Gasteiger partial charge in [0.2, 0.25) is 0 Å². The second-order valence-corrected chi connectivity index (χ2v) is 4.20. The third kappa shape index (κ3) is 3.23. The highest BCUT2D eigenvalue weighted by atomic mass is 35.5. The first kappa shape index (κ1) is 11.4. The molecule has 1 N–H and O–H groups in total. The molecule has 0 aromatic heterocycles. The van der Waals surface area contributed by atoms with Crippen molar-refractivity contribution in [2.24, 2.45) is 0 Å². The molecule has 0 atom stereocenters. The van der Waals surface area contributed by atoms with Crippen molar-refractivity contribution >= 4 is 23.2 Å². The van der Waals surface area contributed by atoms with Crippen LogP contribution < -0.4 is 0 Å². The van der Waals surface area contributed by atoms with E-state index in [-0.39, 0.29) is 0 Å². The molecular formula is C11H10Cl2O. The van der Waals surface area contributed by atoms with Gasteiger partial charge in [0.25, 0.3) is 0 Å². The SMILES string of the molecule is CC(C)(O)C#Cc1cccc(Cl)c1Cl. The van der Waals surface area contributed by atoms with Gasteiger partial charge in [-0.1, -0.05) is 41.1 Å². The molecule has 0 aliphatic rings. The Morgan fingerprint density at radius 2 is 1.93 bits per heavy atom. The summed E-state index contributed by atoms with van der Waals surface area (Å²) < 4.78 is 0. The Kier molecular flexibility index (Phi) is 3.44. The molecule has 0 radical (unpaired) electrons. The second-order valence-electron chi connectivity index (χ2n) is 3.41. The Hall–Kier alpha value is -0.680. The molecule has 0 unspecified atom stereocenters. The lowest BCUT2D eigenvalue weighted by Crippen LogP contribution is -2.14. The summed E-state index contributed by atoms with van der Waals surface area (Å²) in [7, 11) is 0. The molecule has 0 aliphatic carbocycles. The molecule has 74 valence electrons. The van der Waals surface area contributed by atoms with E-state index in [4.69, 9.17) is 23.2 Å². The topological polar surface area (TPSA) is 20.2 Å². The summed E-state index contributed by atoms with van der Waals surface area (Å²) in [5, 5.41) is 10.3. The second kappa shape index (κ2) is 4.23. The molecule has 1 nitrogen and oxygen atoms in total. The Bertz CT molecular complexity index is 394. The zero-order valence-electron chi connectivity index (χ0n) is 7.94. The fraction of sp³-hybridized carbons (Fsp3) is 0.273. The van der Waals surface area contributed by atoms with Crippen LogP contribution in [0, 0.1) is 11.8 Å². The highest BCUT2D eigenvalue weighted by Gasteiger charge is 2.07. The fourth-order valence-electron chi connectivity index (χ4n) is 0.821.